The van der Waals surface area contributed by atoms with Crippen molar-refractivity contribution in [3.63, 3.8) is 0 Å². The van der Waals surface area contributed by atoms with Gasteiger partial charge in [-0.1, -0.05) is 13.8 Å². The second kappa shape index (κ2) is 10.9. The summed E-state index contributed by atoms with van der Waals surface area (Å²) in [4.78, 5) is 68.2. The fourth-order valence-corrected chi connectivity index (χ4v) is 4.32. The normalized spacial score (nSPS) is 16.6. The van der Waals surface area contributed by atoms with Gasteiger partial charge in [0.25, 0.3) is 0 Å². The summed E-state index contributed by atoms with van der Waals surface area (Å²) in [6, 6.07) is -2.42. The second-order valence-corrected chi connectivity index (χ2v) is 8.84. The van der Waals surface area contributed by atoms with E-state index in [0.29, 0.717) is 37.5 Å². The zero-order chi connectivity index (χ0) is 24.8. The Morgan fingerprint density at radius 1 is 1.18 bits per heavy atom. The summed E-state index contributed by atoms with van der Waals surface area (Å²) in [5.74, 6) is -0.956. The summed E-state index contributed by atoms with van der Waals surface area (Å²) in [7, 11) is 0. The summed E-state index contributed by atoms with van der Waals surface area (Å²) in [6.45, 7) is 5.38. The van der Waals surface area contributed by atoms with Crippen molar-refractivity contribution in [1.29, 1.82) is 0 Å². The van der Waals surface area contributed by atoms with Gasteiger partial charge in [0.15, 0.2) is 0 Å². The van der Waals surface area contributed by atoms with E-state index >= 15 is 0 Å². The number of nitrogens with one attached hydrogen (secondary N) is 3. The van der Waals surface area contributed by atoms with Crippen molar-refractivity contribution in [3.8, 4) is 0 Å². The van der Waals surface area contributed by atoms with E-state index in [1.807, 2.05) is 13.8 Å². The van der Waals surface area contributed by atoms with Gasteiger partial charge in [-0.05, 0) is 25.2 Å². The number of nitrogens with two attached hydrogens (primary N) is 1. The first-order valence-electron chi connectivity index (χ1n) is 11.3. The highest BCUT2D eigenvalue weighted by Gasteiger charge is 2.39. The lowest BCUT2D eigenvalue weighted by molar-refractivity contribution is -0.143. The number of imidazole rings is 2. The van der Waals surface area contributed by atoms with Crippen LogP contribution in [0.25, 0.3) is 0 Å². The van der Waals surface area contributed by atoms with Gasteiger partial charge in [-0.3, -0.25) is 19.2 Å². The third kappa shape index (κ3) is 5.80. The zero-order valence-corrected chi connectivity index (χ0v) is 19.7. The third-order valence-electron chi connectivity index (χ3n) is 5.76. The molecule has 0 spiro atoms. The van der Waals surface area contributed by atoms with Crippen molar-refractivity contribution in [1.82, 2.24) is 35.1 Å². The first kappa shape index (κ1) is 24.9. The minimum Gasteiger partial charge on any atom is -0.368 e. The molecule has 34 heavy (non-hydrogen) atoms. The van der Waals surface area contributed by atoms with Crippen LogP contribution in [0, 0.1) is 5.92 Å². The van der Waals surface area contributed by atoms with E-state index in [2.05, 4.69) is 25.3 Å². The largest absolute Gasteiger partial charge is 0.368 e. The van der Waals surface area contributed by atoms with E-state index in [1.54, 1.807) is 12.4 Å². The van der Waals surface area contributed by atoms with Crippen LogP contribution in [0.5, 0.6) is 0 Å². The number of primary amides is 1. The van der Waals surface area contributed by atoms with Gasteiger partial charge in [0.2, 0.25) is 23.6 Å². The Morgan fingerprint density at radius 2 is 1.79 bits per heavy atom. The molecule has 0 aliphatic carbocycles. The van der Waals surface area contributed by atoms with Crippen molar-refractivity contribution in [2.75, 3.05) is 13.1 Å². The molecule has 3 rings (SSSR count). The number of amides is 4. The van der Waals surface area contributed by atoms with E-state index in [0.717, 1.165) is 0 Å². The van der Waals surface area contributed by atoms with Crippen molar-refractivity contribution in [2.45, 2.75) is 58.2 Å². The Hall–Kier alpha value is -3.70. The van der Waals surface area contributed by atoms with Crippen LogP contribution in [0.4, 0.5) is 0 Å². The van der Waals surface area contributed by atoms with Crippen LogP contribution in [-0.4, -0.2) is 78.5 Å². The Kier molecular flexibility index (Phi) is 8.03. The highest BCUT2D eigenvalue weighted by molar-refractivity contribution is 5.93. The quantitative estimate of drug-likeness (QED) is 0.381. The van der Waals surface area contributed by atoms with Gasteiger partial charge in [0.1, 0.15) is 36.3 Å². The lowest BCUT2D eigenvalue weighted by Gasteiger charge is -2.33. The van der Waals surface area contributed by atoms with Gasteiger partial charge < -0.3 is 30.8 Å². The van der Waals surface area contributed by atoms with Crippen LogP contribution in [0.15, 0.2) is 24.8 Å². The molecule has 0 radical (unpaired) electrons. The van der Waals surface area contributed by atoms with Crippen LogP contribution < -0.4 is 11.1 Å². The summed E-state index contributed by atoms with van der Waals surface area (Å²) in [5.41, 5.74) is 5.50. The molecule has 5 N–H and O–H groups in total. The molecule has 0 unspecified atom stereocenters. The summed E-state index contributed by atoms with van der Waals surface area (Å²) in [5, 5.41) is 2.84. The number of H-pyrrole nitrogens is 2. The monoisotopic (exact) mass is 472 g/mol. The second-order valence-electron chi connectivity index (χ2n) is 8.84. The molecule has 2 atom stereocenters. The van der Waals surface area contributed by atoms with Crippen molar-refractivity contribution in [2.24, 2.45) is 11.7 Å². The van der Waals surface area contributed by atoms with Gasteiger partial charge in [0.05, 0.1) is 0 Å². The van der Waals surface area contributed by atoms with E-state index in [-0.39, 0.29) is 11.8 Å². The first-order chi connectivity index (χ1) is 16.2. The highest BCUT2D eigenvalue weighted by atomic mass is 16.2. The number of hydrogen-bond acceptors (Lipinski definition) is 6. The summed E-state index contributed by atoms with van der Waals surface area (Å²) in [6.07, 6.45) is 7.83. The maximum Gasteiger partial charge on any atom is 0.246 e. The van der Waals surface area contributed by atoms with Crippen LogP contribution in [0.3, 0.4) is 0 Å². The minimum absolute atomic E-state index is 0.0582. The maximum atomic E-state index is 13.9. The predicted molar refractivity (Wildman–Crippen MR) is 122 cm³/mol. The van der Waals surface area contributed by atoms with Gasteiger partial charge >= 0.3 is 0 Å². The molecule has 184 valence electrons. The SMILES string of the molecule is CC(=O)N1CCC[C@H]1C(=O)N[C@@H](CC(C)C)C(=O)N(CC(N)=O)C(c1ncc[nH]1)c1ncc[nH]1. The van der Waals surface area contributed by atoms with Crippen LogP contribution in [0.1, 0.15) is 57.7 Å². The fourth-order valence-electron chi connectivity index (χ4n) is 4.32. The fraction of sp³-hybridized carbons (Fsp3) is 0.545. The molecule has 1 aliphatic rings. The van der Waals surface area contributed by atoms with E-state index in [4.69, 9.17) is 5.73 Å². The number of carbonyl (C=O) groups excluding carboxylic acids is 4. The molecular formula is C22H32N8O4. The number of rotatable bonds is 10. The Bertz CT molecular complexity index is 954. The van der Waals surface area contributed by atoms with Gasteiger partial charge in [0, 0.05) is 38.3 Å². The molecule has 2 aromatic rings. The average Bonchev–Trinajstić information content (AvgIpc) is 3.54. The lowest BCUT2D eigenvalue weighted by atomic mass is 10.0. The van der Waals surface area contributed by atoms with Crippen LogP contribution >= 0.6 is 0 Å². The van der Waals surface area contributed by atoms with Crippen molar-refractivity contribution in [3.05, 3.63) is 36.4 Å². The highest BCUT2D eigenvalue weighted by Crippen LogP contribution is 2.26. The van der Waals surface area contributed by atoms with E-state index in [1.165, 1.54) is 29.1 Å². The molecule has 12 heteroatoms. The summed E-state index contributed by atoms with van der Waals surface area (Å²) < 4.78 is 0. The predicted octanol–water partition coefficient (Wildman–Crippen LogP) is 0.0779. The average molecular weight is 473 g/mol. The van der Waals surface area contributed by atoms with Crippen molar-refractivity contribution >= 4 is 23.6 Å². The standard InChI is InChI=1S/C22H32N8O4/c1-13(2)11-15(28-21(33)16-5-4-10-29(16)14(3)31)22(34)30(12-17(23)32)18(19-24-6-7-25-19)20-26-8-9-27-20/h6-9,13,15-16,18H,4-5,10-12H2,1-3H3,(H2,23,32)(H,24,25)(H,26,27)(H,28,33)/t15-,16-/m0/s1. The molecule has 0 aromatic carbocycles. The number of carbonyl (C=O) groups is 4. The van der Waals surface area contributed by atoms with E-state index < -0.39 is 42.4 Å². The number of hydrogen-bond donors (Lipinski definition) is 4. The smallest absolute Gasteiger partial charge is 0.246 e. The molecule has 0 bridgehead atoms. The first-order valence-corrected chi connectivity index (χ1v) is 11.3. The maximum absolute atomic E-state index is 13.9. The molecule has 2 aromatic heterocycles. The van der Waals surface area contributed by atoms with Crippen molar-refractivity contribution < 1.29 is 19.2 Å². The molecule has 1 aliphatic heterocycles. The molecule has 3 heterocycles. The lowest BCUT2D eigenvalue weighted by Crippen LogP contribution is -2.55. The van der Waals surface area contributed by atoms with Gasteiger partial charge in [-0.25, -0.2) is 9.97 Å². The number of aromatic amines is 2. The number of aromatic nitrogens is 4. The van der Waals surface area contributed by atoms with Gasteiger partial charge in [-0.2, -0.15) is 0 Å². The molecule has 1 saturated heterocycles. The van der Waals surface area contributed by atoms with Crippen LogP contribution in [-0.2, 0) is 19.2 Å². The Morgan fingerprint density at radius 3 is 2.26 bits per heavy atom. The Labute approximate surface area is 197 Å². The molecule has 1 fully saturated rings. The molecular weight excluding hydrogens is 440 g/mol. The van der Waals surface area contributed by atoms with E-state index in [9.17, 15) is 19.2 Å². The molecule has 4 amide bonds. The number of likely N-dealkylation sites (tertiary alicyclic amines) is 1. The molecule has 0 saturated carbocycles. The summed E-state index contributed by atoms with van der Waals surface area (Å²) >= 11 is 0. The number of nitrogens with zero attached hydrogens (tertiary/aromatic N) is 4. The zero-order valence-electron chi connectivity index (χ0n) is 19.7. The molecule has 12 nitrogen and oxygen atoms in total. The topological polar surface area (TPSA) is 170 Å². The van der Waals surface area contributed by atoms with Crippen LogP contribution in [0.2, 0.25) is 0 Å². The minimum atomic E-state index is -0.936. The van der Waals surface area contributed by atoms with Gasteiger partial charge in [-0.15, -0.1) is 0 Å². The Balaban J connectivity index is 1.93. The third-order valence-corrected chi connectivity index (χ3v) is 5.76.